The van der Waals surface area contributed by atoms with Gasteiger partial charge in [0.1, 0.15) is 11.6 Å². The van der Waals surface area contributed by atoms with E-state index in [9.17, 15) is 13.6 Å². The molecule has 5 heteroatoms. The first kappa shape index (κ1) is 13.2. The number of amides is 1. The molecule has 92 valence electrons. The van der Waals surface area contributed by atoms with Crippen LogP contribution in [0.15, 0.2) is 18.2 Å². The van der Waals surface area contributed by atoms with Crippen LogP contribution in [0.4, 0.5) is 14.5 Å². The van der Waals surface area contributed by atoms with Crippen LogP contribution in [0.25, 0.3) is 6.08 Å². The minimum Gasteiger partial charge on any atom is -0.396 e. The van der Waals surface area contributed by atoms with Gasteiger partial charge in [0.25, 0.3) is 0 Å². The zero-order chi connectivity index (χ0) is 12.8. The number of benzene rings is 1. The molecule has 0 fully saturated rings. The van der Waals surface area contributed by atoms with Crippen molar-refractivity contribution in [2.45, 2.75) is 13.3 Å². The number of anilines is 1. The summed E-state index contributed by atoms with van der Waals surface area (Å²) in [6.07, 6.45) is 3.76. The number of halogens is 2. The third kappa shape index (κ3) is 4.22. The fraction of sp³-hybridized carbons (Fsp3) is 0.250. The summed E-state index contributed by atoms with van der Waals surface area (Å²) in [5.41, 5.74) is 5.47. The topological polar surface area (TPSA) is 55.1 Å². The van der Waals surface area contributed by atoms with Gasteiger partial charge >= 0.3 is 0 Å². The first-order valence-corrected chi connectivity index (χ1v) is 5.16. The van der Waals surface area contributed by atoms with Gasteiger partial charge in [0.15, 0.2) is 0 Å². The van der Waals surface area contributed by atoms with Crippen molar-refractivity contribution >= 4 is 17.7 Å². The Kier molecular flexibility index (Phi) is 4.63. The van der Waals surface area contributed by atoms with Gasteiger partial charge < -0.3 is 11.1 Å². The Labute approximate surface area is 98.3 Å². The van der Waals surface area contributed by atoms with Gasteiger partial charge in [-0.15, -0.1) is 0 Å². The molecule has 0 saturated heterocycles. The highest BCUT2D eigenvalue weighted by Gasteiger charge is 2.04. The lowest BCUT2D eigenvalue weighted by molar-refractivity contribution is -0.118. The molecular weight excluding hydrogens is 226 g/mol. The molecule has 17 heavy (non-hydrogen) atoms. The Bertz CT molecular complexity index is 444. The summed E-state index contributed by atoms with van der Waals surface area (Å²) in [6, 6.07) is 1.99. The lowest BCUT2D eigenvalue weighted by Gasteiger charge is -2.01. The highest BCUT2D eigenvalue weighted by atomic mass is 19.1. The first-order valence-electron chi connectivity index (χ1n) is 5.16. The molecule has 0 aliphatic carbocycles. The standard InChI is InChI=1S/C12H14F2N2O/c1-8(17)16-5-3-2-4-9-6-12(15)11(14)7-10(9)13/h2,4,6-7H,3,5,15H2,1H3,(H,16,17). The van der Waals surface area contributed by atoms with Crippen LogP contribution in [0.5, 0.6) is 0 Å². The van der Waals surface area contributed by atoms with Gasteiger partial charge in [-0.2, -0.15) is 0 Å². The van der Waals surface area contributed by atoms with Crippen molar-refractivity contribution in [2.75, 3.05) is 12.3 Å². The molecule has 0 bridgehead atoms. The molecule has 1 rings (SSSR count). The van der Waals surface area contributed by atoms with Crippen LogP contribution < -0.4 is 11.1 Å². The lowest BCUT2D eigenvalue weighted by atomic mass is 10.1. The lowest BCUT2D eigenvalue weighted by Crippen LogP contribution is -2.20. The first-order chi connectivity index (χ1) is 8.00. The summed E-state index contributed by atoms with van der Waals surface area (Å²) in [4.78, 5) is 10.6. The second-order valence-corrected chi connectivity index (χ2v) is 3.57. The van der Waals surface area contributed by atoms with E-state index in [1.54, 1.807) is 6.08 Å². The van der Waals surface area contributed by atoms with Gasteiger partial charge in [0.05, 0.1) is 5.69 Å². The molecule has 0 saturated carbocycles. The molecule has 0 aliphatic heterocycles. The molecular formula is C12H14F2N2O. The van der Waals surface area contributed by atoms with E-state index in [1.807, 2.05) is 0 Å². The maximum absolute atomic E-state index is 13.3. The van der Waals surface area contributed by atoms with Gasteiger partial charge in [-0.05, 0) is 12.5 Å². The zero-order valence-corrected chi connectivity index (χ0v) is 9.47. The molecule has 1 amide bonds. The number of nitrogens with two attached hydrogens (primary N) is 1. The SMILES string of the molecule is CC(=O)NCCC=Cc1cc(N)c(F)cc1F. The van der Waals surface area contributed by atoms with Crippen LogP contribution in [0, 0.1) is 11.6 Å². The number of rotatable bonds is 4. The van der Waals surface area contributed by atoms with E-state index in [0.29, 0.717) is 13.0 Å². The number of nitrogen functional groups attached to an aromatic ring is 1. The van der Waals surface area contributed by atoms with Crippen molar-refractivity contribution in [2.24, 2.45) is 0 Å². The minimum absolute atomic E-state index is 0.0899. The van der Waals surface area contributed by atoms with Gasteiger partial charge in [0.2, 0.25) is 5.91 Å². The minimum atomic E-state index is -0.766. The van der Waals surface area contributed by atoms with Crippen LogP contribution in [0.2, 0.25) is 0 Å². The number of carbonyl (C=O) groups is 1. The maximum Gasteiger partial charge on any atom is 0.216 e. The van der Waals surface area contributed by atoms with Crippen molar-refractivity contribution < 1.29 is 13.6 Å². The molecule has 0 heterocycles. The predicted molar refractivity (Wildman–Crippen MR) is 63.1 cm³/mol. The van der Waals surface area contributed by atoms with Crippen LogP contribution in [0.3, 0.4) is 0 Å². The zero-order valence-electron chi connectivity index (χ0n) is 9.47. The average Bonchev–Trinajstić information content (AvgIpc) is 2.24. The Morgan fingerprint density at radius 3 is 2.76 bits per heavy atom. The Balaban J connectivity index is 2.59. The van der Waals surface area contributed by atoms with Crippen molar-refractivity contribution in [1.82, 2.24) is 5.32 Å². The maximum atomic E-state index is 13.3. The third-order valence-corrected chi connectivity index (χ3v) is 2.10. The summed E-state index contributed by atoms with van der Waals surface area (Å²) in [6.45, 7) is 1.90. The van der Waals surface area contributed by atoms with E-state index in [1.165, 1.54) is 19.1 Å². The number of hydrogen-bond acceptors (Lipinski definition) is 2. The predicted octanol–water partition coefficient (Wildman–Crippen LogP) is 2.09. The third-order valence-electron chi connectivity index (χ3n) is 2.10. The largest absolute Gasteiger partial charge is 0.396 e. The average molecular weight is 240 g/mol. The molecule has 0 aliphatic rings. The molecule has 3 nitrogen and oxygen atoms in total. The Morgan fingerprint density at radius 2 is 2.12 bits per heavy atom. The normalized spacial score (nSPS) is 10.8. The molecule has 3 N–H and O–H groups in total. The summed E-state index contributed by atoms with van der Waals surface area (Å²) in [7, 11) is 0. The summed E-state index contributed by atoms with van der Waals surface area (Å²) in [5, 5.41) is 2.60. The molecule has 1 aromatic rings. The number of nitrogens with one attached hydrogen (secondary N) is 1. The fourth-order valence-corrected chi connectivity index (χ4v) is 1.25. The molecule has 0 spiro atoms. The number of carbonyl (C=O) groups excluding carboxylic acids is 1. The smallest absolute Gasteiger partial charge is 0.216 e. The summed E-state index contributed by atoms with van der Waals surface area (Å²) < 4.78 is 26.1. The highest BCUT2D eigenvalue weighted by Crippen LogP contribution is 2.17. The van der Waals surface area contributed by atoms with E-state index >= 15 is 0 Å². The van der Waals surface area contributed by atoms with E-state index in [0.717, 1.165) is 6.07 Å². The van der Waals surface area contributed by atoms with E-state index in [4.69, 9.17) is 5.73 Å². The van der Waals surface area contributed by atoms with Gasteiger partial charge in [0, 0.05) is 25.1 Å². The number of hydrogen-bond donors (Lipinski definition) is 2. The van der Waals surface area contributed by atoms with Gasteiger partial charge in [-0.1, -0.05) is 12.2 Å². The molecule has 0 radical (unpaired) electrons. The van der Waals surface area contributed by atoms with Gasteiger partial charge in [-0.3, -0.25) is 4.79 Å². The summed E-state index contributed by atoms with van der Waals surface area (Å²) in [5.74, 6) is -1.54. The monoisotopic (exact) mass is 240 g/mol. The van der Waals surface area contributed by atoms with Crippen LogP contribution >= 0.6 is 0 Å². The molecule has 0 atom stereocenters. The summed E-state index contributed by atoms with van der Waals surface area (Å²) >= 11 is 0. The quantitative estimate of drug-likeness (QED) is 0.625. The molecule has 1 aromatic carbocycles. The van der Waals surface area contributed by atoms with E-state index in [2.05, 4.69) is 5.32 Å². The molecule has 0 aromatic heterocycles. The fourth-order valence-electron chi connectivity index (χ4n) is 1.25. The van der Waals surface area contributed by atoms with Gasteiger partial charge in [-0.25, -0.2) is 8.78 Å². The van der Waals surface area contributed by atoms with Crippen molar-refractivity contribution in [3.63, 3.8) is 0 Å². The van der Waals surface area contributed by atoms with Crippen molar-refractivity contribution in [3.05, 3.63) is 35.4 Å². The highest BCUT2D eigenvalue weighted by molar-refractivity contribution is 5.72. The van der Waals surface area contributed by atoms with E-state index in [-0.39, 0.29) is 17.2 Å². The van der Waals surface area contributed by atoms with Crippen molar-refractivity contribution in [1.29, 1.82) is 0 Å². The Hall–Kier alpha value is -1.91. The van der Waals surface area contributed by atoms with E-state index < -0.39 is 11.6 Å². The second kappa shape index (κ2) is 5.98. The van der Waals surface area contributed by atoms with Crippen LogP contribution in [0.1, 0.15) is 18.9 Å². The Morgan fingerprint density at radius 1 is 1.41 bits per heavy atom. The van der Waals surface area contributed by atoms with Crippen LogP contribution in [-0.2, 0) is 4.79 Å². The van der Waals surface area contributed by atoms with Crippen molar-refractivity contribution in [3.8, 4) is 0 Å². The second-order valence-electron chi connectivity index (χ2n) is 3.57. The van der Waals surface area contributed by atoms with Crippen LogP contribution in [-0.4, -0.2) is 12.5 Å². The molecule has 0 unspecified atom stereocenters.